The monoisotopic (exact) mass is 228 g/mol. The van der Waals surface area contributed by atoms with E-state index in [0.717, 1.165) is 0 Å². The van der Waals surface area contributed by atoms with Crippen LogP contribution in [0.4, 0.5) is 5.69 Å². The Labute approximate surface area is 91.2 Å². The van der Waals surface area contributed by atoms with E-state index < -0.39 is 0 Å². The van der Waals surface area contributed by atoms with Crippen LogP contribution in [0.5, 0.6) is 0 Å². The van der Waals surface area contributed by atoms with Crippen LogP contribution in [0.15, 0.2) is 18.2 Å². The predicted octanol–water partition coefficient (Wildman–Crippen LogP) is 2.39. The maximum Gasteiger partial charge on any atom is 0.239 e. The molecule has 0 saturated heterocycles. The third kappa shape index (κ3) is 2.63. The van der Waals surface area contributed by atoms with Gasteiger partial charge < -0.3 is 5.32 Å². The molecule has 1 N–H and O–H groups in total. The van der Waals surface area contributed by atoms with Gasteiger partial charge in [0.15, 0.2) is 0 Å². The second-order valence-corrected chi connectivity index (χ2v) is 3.16. The van der Waals surface area contributed by atoms with Crippen molar-refractivity contribution in [1.29, 1.82) is 5.26 Å². The highest BCUT2D eigenvalue weighted by atomic mass is 35.5. The van der Waals surface area contributed by atoms with Gasteiger partial charge in [-0.1, -0.05) is 11.6 Å². The number of carbonyl (C=O) groups is 1. The zero-order chi connectivity index (χ0) is 10.6. The number of rotatable bonds is 2. The van der Waals surface area contributed by atoms with E-state index in [1.54, 1.807) is 12.1 Å². The third-order valence-electron chi connectivity index (χ3n) is 1.49. The fourth-order valence-electron chi connectivity index (χ4n) is 0.874. The second kappa shape index (κ2) is 4.85. The molecule has 0 heterocycles. The molecule has 0 aliphatic heterocycles. The van der Waals surface area contributed by atoms with Crippen molar-refractivity contribution in [3.05, 3.63) is 28.8 Å². The molecule has 1 amide bonds. The van der Waals surface area contributed by atoms with Crippen LogP contribution in [0.25, 0.3) is 0 Å². The summed E-state index contributed by atoms with van der Waals surface area (Å²) in [4.78, 5) is 10.9. The van der Waals surface area contributed by atoms with Crippen molar-refractivity contribution in [2.24, 2.45) is 0 Å². The molecule has 0 aromatic heterocycles. The lowest BCUT2D eigenvalue weighted by Gasteiger charge is -2.05. The standard InChI is InChI=1S/C9H6Cl2N2O/c10-4-9(14)13-8-3-6(5-12)1-2-7(8)11/h1-3H,4H2,(H,13,14). The SMILES string of the molecule is N#Cc1ccc(Cl)c(NC(=O)CCl)c1. The molecule has 1 rings (SSSR count). The van der Waals surface area contributed by atoms with Gasteiger partial charge in [0.25, 0.3) is 0 Å². The van der Waals surface area contributed by atoms with Crippen LogP contribution in [-0.2, 0) is 4.79 Å². The summed E-state index contributed by atoms with van der Waals surface area (Å²) in [6.45, 7) is 0. The Hall–Kier alpha value is -1.24. The van der Waals surface area contributed by atoms with Crippen LogP contribution < -0.4 is 5.32 Å². The van der Waals surface area contributed by atoms with Crippen LogP contribution in [0, 0.1) is 11.3 Å². The summed E-state index contributed by atoms with van der Waals surface area (Å²) >= 11 is 11.1. The molecule has 0 unspecified atom stereocenters. The normalized spacial score (nSPS) is 9.21. The van der Waals surface area contributed by atoms with Gasteiger partial charge in [-0.2, -0.15) is 5.26 Å². The number of anilines is 1. The van der Waals surface area contributed by atoms with Gasteiger partial charge in [-0.3, -0.25) is 4.79 Å². The van der Waals surface area contributed by atoms with E-state index in [1.807, 2.05) is 6.07 Å². The molecule has 5 heteroatoms. The summed E-state index contributed by atoms with van der Waals surface area (Å²) in [6, 6.07) is 6.55. The van der Waals surface area contributed by atoms with Crippen LogP contribution >= 0.6 is 23.2 Å². The summed E-state index contributed by atoms with van der Waals surface area (Å²) < 4.78 is 0. The summed E-state index contributed by atoms with van der Waals surface area (Å²) in [5, 5.41) is 11.5. The molecule has 0 saturated carbocycles. The van der Waals surface area contributed by atoms with Gasteiger partial charge in [0.1, 0.15) is 5.88 Å². The van der Waals surface area contributed by atoms with Crippen LogP contribution in [0.1, 0.15) is 5.56 Å². The Balaban J connectivity index is 2.96. The van der Waals surface area contributed by atoms with E-state index >= 15 is 0 Å². The van der Waals surface area contributed by atoms with Gasteiger partial charge in [-0.25, -0.2) is 0 Å². The minimum atomic E-state index is -0.358. The van der Waals surface area contributed by atoms with Gasteiger partial charge in [-0.15, -0.1) is 11.6 Å². The molecular formula is C9H6Cl2N2O. The van der Waals surface area contributed by atoms with Crippen molar-refractivity contribution >= 4 is 34.8 Å². The summed E-state index contributed by atoms with van der Waals surface area (Å²) in [5.41, 5.74) is 0.829. The Bertz CT molecular complexity index is 398. The number of halogens is 2. The highest BCUT2D eigenvalue weighted by molar-refractivity contribution is 6.34. The first-order chi connectivity index (χ1) is 6.67. The van der Waals surface area contributed by atoms with Gasteiger partial charge in [0.05, 0.1) is 22.3 Å². The molecular weight excluding hydrogens is 223 g/mol. The first kappa shape index (κ1) is 10.8. The number of nitrogens with one attached hydrogen (secondary N) is 1. The van der Waals surface area contributed by atoms with E-state index in [-0.39, 0.29) is 11.8 Å². The highest BCUT2D eigenvalue weighted by Gasteiger charge is 2.05. The molecule has 0 atom stereocenters. The summed E-state index contributed by atoms with van der Waals surface area (Å²) in [7, 11) is 0. The average Bonchev–Trinajstić information content (AvgIpc) is 2.21. The fraction of sp³-hybridized carbons (Fsp3) is 0.111. The van der Waals surface area contributed by atoms with Crippen molar-refractivity contribution < 1.29 is 4.79 Å². The van der Waals surface area contributed by atoms with Crippen LogP contribution in [-0.4, -0.2) is 11.8 Å². The summed E-state index contributed by atoms with van der Waals surface area (Å²) in [6.07, 6.45) is 0. The number of alkyl halides is 1. The lowest BCUT2D eigenvalue weighted by atomic mass is 10.2. The van der Waals surface area contributed by atoms with E-state index in [2.05, 4.69) is 5.32 Å². The molecule has 0 radical (unpaired) electrons. The lowest BCUT2D eigenvalue weighted by molar-refractivity contribution is -0.113. The van der Waals surface area contributed by atoms with Crippen molar-refractivity contribution in [2.45, 2.75) is 0 Å². The molecule has 1 aromatic carbocycles. The zero-order valence-corrected chi connectivity index (χ0v) is 8.56. The average molecular weight is 229 g/mol. The number of hydrogen-bond acceptors (Lipinski definition) is 2. The Kier molecular flexibility index (Phi) is 3.75. The van der Waals surface area contributed by atoms with Crippen molar-refractivity contribution in [3.63, 3.8) is 0 Å². The Morgan fingerprint density at radius 2 is 2.29 bits per heavy atom. The largest absolute Gasteiger partial charge is 0.324 e. The Morgan fingerprint density at radius 1 is 1.57 bits per heavy atom. The second-order valence-electron chi connectivity index (χ2n) is 2.49. The molecule has 0 bridgehead atoms. The minimum absolute atomic E-state index is 0.146. The van der Waals surface area contributed by atoms with E-state index in [9.17, 15) is 4.79 Å². The molecule has 0 aliphatic rings. The van der Waals surface area contributed by atoms with E-state index in [0.29, 0.717) is 16.3 Å². The lowest BCUT2D eigenvalue weighted by Crippen LogP contribution is -2.12. The van der Waals surface area contributed by atoms with Crippen LogP contribution in [0.3, 0.4) is 0 Å². The number of nitriles is 1. The van der Waals surface area contributed by atoms with Crippen molar-refractivity contribution in [3.8, 4) is 6.07 Å². The van der Waals surface area contributed by atoms with Crippen molar-refractivity contribution in [2.75, 3.05) is 11.2 Å². The molecule has 0 spiro atoms. The number of benzene rings is 1. The maximum atomic E-state index is 10.9. The number of hydrogen-bond donors (Lipinski definition) is 1. The fourth-order valence-corrected chi connectivity index (χ4v) is 1.11. The van der Waals surface area contributed by atoms with Gasteiger partial charge in [0, 0.05) is 0 Å². The van der Waals surface area contributed by atoms with Gasteiger partial charge in [0.2, 0.25) is 5.91 Å². The first-order valence-electron chi connectivity index (χ1n) is 3.73. The van der Waals surface area contributed by atoms with E-state index in [1.165, 1.54) is 6.07 Å². The zero-order valence-electron chi connectivity index (χ0n) is 7.05. The molecule has 0 aliphatic carbocycles. The third-order valence-corrected chi connectivity index (χ3v) is 2.06. The molecule has 14 heavy (non-hydrogen) atoms. The molecule has 72 valence electrons. The van der Waals surface area contributed by atoms with Gasteiger partial charge in [-0.05, 0) is 18.2 Å². The number of amides is 1. The smallest absolute Gasteiger partial charge is 0.239 e. The van der Waals surface area contributed by atoms with E-state index in [4.69, 9.17) is 28.5 Å². The molecule has 1 aromatic rings. The van der Waals surface area contributed by atoms with Gasteiger partial charge >= 0.3 is 0 Å². The maximum absolute atomic E-state index is 10.9. The number of nitrogens with zero attached hydrogens (tertiary/aromatic N) is 1. The Morgan fingerprint density at radius 3 is 2.86 bits per heavy atom. The topological polar surface area (TPSA) is 52.9 Å². The van der Waals surface area contributed by atoms with Crippen molar-refractivity contribution in [1.82, 2.24) is 0 Å². The van der Waals surface area contributed by atoms with Crippen LogP contribution in [0.2, 0.25) is 5.02 Å². The molecule has 0 fully saturated rings. The first-order valence-corrected chi connectivity index (χ1v) is 4.64. The molecule has 3 nitrogen and oxygen atoms in total. The minimum Gasteiger partial charge on any atom is -0.324 e. The quantitative estimate of drug-likeness (QED) is 0.791. The number of carbonyl (C=O) groups excluding carboxylic acids is 1. The highest BCUT2D eigenvalue weighted by Crippen LogP contribution is 2.22. The summed E-state index contributed by atoms with van der Waals surface area (Å²) in [5.74, 6) is -0.503. The predicted molar refractivity (Wildman–Crippen MR) is 55.5 cm³/mol.